The van der Waals surface area contributed by atoms with E-state index in [1.54, 1.807) is 11.8 Å². The zero-order chi connectivity index (χ0) is 10.4. The maximum atomic E-state index is 9.47. The third-order valence-corrected chi connectivity index (χ3v) is 3.37. The van der Waals surface area contributed by atoms with Gasteiger partial charge >= 0.3 is 0 Å². The summed E-state index contributed by atoms with van der Waals surface area (Å²) in [5, 5.41) is 13.1. The molecule has 2 nitrogen and oxygen atoms in total. The highest BCUT2D eigenvalue weighted by molar-refractivity contribution is 7.99. The quantitative estimate of drug-likeness (QED) is 0.761. The Bertz CT molecular complexity index is 283. The number of hydrogen-bond donors (Lipinski definition) is 2. The van der Waals surface area contributed by atoms with Gasteiger partial charge in [-0.25, -0.2) is 0 Å². The summed E-state index contributed by atoms with van der Waals surface area (Å²) >= 11 is 7.54. The van der Waals surface area contributed by atoms with E-state index in [1.807, 2.05) is 31.3 Å². The molecule has 0 aliphatic rings. The van der Waals surface area contributed by atoms with Crippen molar-refractivity contribution < 1.29 is 5.11 Å². The van der Waals surface area contributed by atoms with E-state index >= 15 is 0 Å². The first-order valence-corrected chi connectivity index (χ1v) is 5.80. The van der Waals surface area contributed by atoms with E-state index < -0.39 is 0 Å². The number of halogens is 1. The Hall–Kier alpha value is -0.220. The molecule has 14 heavy (non-hydrogen) atoms. The van der Waals surface area contributed by atoms with Gasteiger partial charge in [0.15, 0.2) is 0 Å². The van der Waals surface area contributed by atoms with Crippen molar-refractivity contribution >= 4 is 23.4 Å². The predicted molar refractivity (Wildman–Crippen MR) is 62.1 cm³/mol. The minimum absolute atomic E-state index is 0.332. The molecule has 0 aliphatic carbocycles. The summed E-state index contributed by atoms with van der Waals surface area (Å²) in [5.74, 6) is 0.657. The van der Waals surface area contributed by atoms with Gasteiger partial charge in [0.05, 0.1) is 11.1 Å². The van der Waals surface area contributed by atoms with Gasteiger partial charge in [-0.3, -0.25) is 0 Å². The smallest absolute Gasteiger partial charge is 0.0758 e. The summed E-state index contributed by atoms with van der Waals surface area (Å²) in [6.07, 6.45) is -0.332. The first-order valence-electron chi connectivity index (χ1n) is 4.44. The summed E-state index contributed by atoms with van der Waals surface area (Å²) in [6.45, 7) is 0.609. The van der Waals surface area contributed by atoms with Crippen LogP contribution < -0.4 is 5.32 Å². The molecule has 1 unspecified atom stereocenters. The highest BCUT2D eigenvalue weighted by Gasteiger charge is 2.05. The van der Waals surface area contributed by atoms with E-state index in [0.29, 0.717) is 12.3 Å². The zero-order valence-corrected chi connectivity index (χ0v) is 9.61. The van der Waals surface area contributed by atoms with Gasteiger partial charge in [0, 0.05) is 17.2 Å². The molecule has 0 heterocycles. The van der Waals surface area contributed by atoms with Crippen molar-refractivity contribution in [1.29, 1.82) is 0 Å². The van der Waals surface area contributed by atoms with Gasteiger partial charge in [-0.1, -0.05) is 23.7 Å². The van der Waals surface area contributed by atoms with Crippen molar-refractivity contribution in [2.75, 3.05) is 19.3 Å². The summed E-state index contributed by atoms with van der Waals surface area (Å²) in [7, 11) is 1.82. The van der Waals surface area contributed by atoms with E-state index in [2.05, 4.69) is 5.32 Å². The van der Waals surface area contributed by atoms with Gasteiger partial charge in [-0.15, -0.1) is 11.8 Å². The van der Waals surface area contributed by atoms with Crippen LogP contribution in [0.4, 0.5) is 0 Å². The van der Waals surface area contributed by atoms with E-state index in [-0.39, 0.29) is 6.10 Å². The Morgan fingerprint density at radius 1 is 1.50 bits per heavy atom. The second-order valence-electron chi connectivity index (χ2n) is 2.95. The van der Waals surface area contributed by atoms with Gasteiger partial charge in [-0.2, -0.15) is 0 Å². The molecule has 0 aliphatic heterocycles. The summed E-state index contributed by atoms with van der Waals surface area (Å²) < 4.78 is 0. The van der Waals surface area contributed by atoms with E-state index in [4.69, 9.17) is 11.6 Å². The van der Waals surface area contributed by atoms with E-state index in [1.165, 1.54) is 0 Å². The van der Waals surface area contributed by atoms with Crippen LogP contribution in [0.1, 0.15) is 0 Å². The fraction of sp³-hybridized carbons (Fsp3) is 0.400. The van der Waals surface area contributed by atoms with Crippen LogP contribution in [-0.2, 0) is 0 Å². The molecule has 2 N–H and O–H groups in total. The Morgan fingerprint density at radius 2 is 2.21 bits per heavy atom. The van der Waals surface area contributed by atoms with Crippen LogP contribution in [0.25, 0.3) is 0 Å². The van der Waals surface area contributed by atoms with Crippen LogP contribution in [0.5, 0.6) is 0 Å². The fourth-order valence-electron chi connectivity index (χ4n) is 1.04. The molecule has 78 valence electrons. The average molecular weight is 232 g/mol. The molecule has 1 aromatic carbocycles. The molecule has 0 spiro atoms. The van der Waals surface area contributed by atoms with Crippen molar-refractivity contribution in [2.45, 2.75) is 11.0 Å². The number of thioether (sulfide) groups is 1. The van der Waals surface area contributed by atoms with Crippen LogP contribution in [-0.4, -0.2) is 30.6 Å². The molecule has 1 atom stereocenters. The second-order valence-corrected chi connectivity index (χ2v) is 4.42. The lowest BCUT2D eigenvalue weighted by atomic mass is 10.4. The monoisotopic (exact) mass is 231 g/mol. The van der Waals surface area contributed by atoms with Gasteiger partial charge in [0.25, 0.3) is 0 Å². The highest BCUT2D eigenvalue weighted by atomic mass is 35.5. The van der Waals surface area contributed by atoms with Gasteiger partial charge in [-0.05, 0) is 19.2 Å². The second kappa shape index (κ2) is 6.30. The van der Waals surface area contributed by atoms with Gasteiger partial charge < -0.3 is 10.4 Å². The summed E-state index contributed by atoms with van der Waals surface area (Å²) in [6, 6.07) is 7.66. The van der Waals surface area contributed by atoms with Gasteiger partial charge in [0.1, 0.15) is 0 Å². The number of rotatable bonds is 5. The van der Waals surface area contributed by atoms with Crippen molar-refractivity contribution in [3.8, 4) is 0 Å². The molecule has 1 rings (SSSR count). The SMILES string of the molecule is CNCC(O)CSc1ccccc1Cl. The molecule has 1 aromatic rings. The zero-order valence-electron chi connectivity index (χ0n) is 8.03. The topological polar surface area (TPSA) is 32.3 Å². The Kier molecular flexibility index (Phi) is 5.33. The van der Waals surface area contributed by atoms with Crippen molar-refractivity contribution in [1.82, 2.24) is 5.32 Å². The number of aliphatic hydroxyl groups is 1. The number of nitrogens with one attached hydrogen (secondary N) is 1. The van der Waals surface area contributed by atoms with Crippen LogP contribution in [0.15, 0.2) is 29.2 Å². The van der Waals surface area contributed by atoms with Crippen LogP contribution in [0.3, 0.4) is 0 Å². The van der Waals surface area contributed by atoms with Crippen molar-refractivity contribution in [3.05, 3.63) is 29.3 Å². The summed E-state index contributed by atoms with van der Waals surface area (Å²) in [5.41, 5.74) is 0. The summed E-state index contributed by atoms with van der Waals surface area (Å²) in [4.78, 5) is 1.02. The number of aliphatic hydroxyl groups excluding tert-OH is 1. The average Bonchev–Trinajstić information content (AvgIpc) is 2.17. The van der Waals surface area contributed by atoms with Crippen molar-refractivity contribution in [3.63, 3.8) is 0 Å². The maximum Gasteiger partial charge on any atom is 0.0758 e. The highest BCUT2D eigenvalue weighted by Crippen LogP contribution is 2.26. The first-order chi connectivity index (χ1) is 6.74. The minimum Gasteiger partial charge on any atom is -0.391 e. The molecule has 0 bridgehead atoms. The third kappa shape index (κ3) is 3.88. The lowest BCUT2D eigenvalue weighted by Gasteiger charge is -2.09. The Labute approximate surface area is 93.7 Å². The Balaban J connectivity index is 2.41. The van der Waals surface area contributed by atoms with E-state index in [9.17, 15) is 5.11 Å². The molecule has 0 saturated heterocycles. The first kappa shape index (κ1) is 11.9. The normalized spacial score (nSPS) is 12.8. The lowest BCUT2D eigenvalue weighted by Crippen LogP contribution is -2.25. The minimum atomic E-state index is -0.332. The standard InChI is InChI=1S/C10H14ClNOS/c1-12-6-8(13)7-14-10-5-3-2-4-9(10)11/h2-5,8,12-13H,6-7H2,1H3. The predicted octanol–water partition coefficient (Wildman–Crippen LogP) is 2.01. The van der Waals surface area contributed by atoms with Crippen LogP contribution in [0, 0.1) is 0 Å². The molecule has 0 aromatic heterocycles. The molecule has 0 radical (unpaired) electrons. The number of benzene rings is 1. The molecule has 0 saturated carbocycles. The van der Waals surface area contributed by atoms with Crippen LogP contribution >= 0.6 is 23.4 Å². The lowest BCUT2D eigenvalue weighted by molar-refractivity contribution is 0.199. The third-order valence-electron chi connectivity index (χ3n) is 1.71. The number of likely N-dealkylation sites (N-methyl/N-ethyl adjacent to an activating group) is 1. The molecule has 0 fully saturated rings. The van der Waals surface area contributed by atoms with E-state index in [0.717, 1.165) is 9.92 Å². The molecular formula is C10H14ClNOS. The molecular weight excluding hydrogens is 218 g/mol. The number of hydrogen-bond acceptors (Lipinski definition) is 3. The van der Waals surface area contributed by atoms with Crippen molar-refractivity contribution in [2.24, 2.45) is 0 Å². The molecule has 0 amide bonds. The molecule has 4 heteroatoms. The fourth-order valence-corrected chi connectivity index (χ4v) is 2.21. The van der Waals surface area contributed by atoms with Crippen LogP contribution in [0.2, 0.25) is 5.02 Å². The maximum absolute atomic E-state index is 9.47. The Morgan fingerprint density at radius 3 is 2.86 bits per heavy atom. The van der Waals surface area contributed by atoms with Gasteiger partial charge in [0.2, 0.25) is 0 Å². The largest absolute Gasteiger partial charge is 0.391 e.